The highest BCUT2D eigenvalue weighted by Crippen LogP contribution is 2.77. The zero-order chi connectivity index (χ0) is 39.9. The lowest BCUT2D eigenvalue weighted by molar-refractivity contribution is 0.00322. The second-order valence-corrected chi connectivity index (χ2v) is 24.5. The minimum atomic E-state index is -0.176. The van der Waals surface area contributed by atoms with Gasteiger partial charge in [0, 0.05) is 27.0 Å². The van der Waals surface area contributed by atoms with Crippen LogP contribution in [0.1, 0.15) is 187 Å². The fourth-order valence-corrected chi connectivity index (χ4v) is 18.1. The van der Waals surface area contributed by atoms with Crippen molar-refractivity contribution in [2.75, 3.05) is 0 Å². The molecule has 0 amide bonds. The summed E-state index contributed by atoms with van der Waals surface area (Å²) in [5, 5.41) is 28.3. The van der Waals surface area contributed by atoms with E-state index in [0.717, 1.165) is 47.6 Å². The molecule has 6 aromatic rings. The van der Waals surface area contributed by atoms with Gasteiger partial charge in [-0.1, -0.05) is 65.8 Å². The number of fused-ring (bicyclic) bond motifs is 16. The molecule has 9 aliphatic rings. The van der Waals surface area contributed by atoms with Gasteiger partial charge in [-0.25, -0.2) is 0 Å². The molecule has 1 spiro atoms. The molecule has 15 rings (SSSR count). The van der Waals surface area contributed by atoms with Gasteiger partial charge in [0.1, 0.15) is 0 Å². The Bertz CT molecular complexity index is 2990. The van der Waals surface area contributed by atoms with Gasteiger partial charge in [0.2, 0.25) is 0 Å². The van der Waals surface area contributed by atoms with E-state index in [1.807, 2.05) is 0 Å². The SMILES string of the molecule is CC(C)(C)CC1(CC(C)(C)C)c2ccccc2-c2cc3c4c5c(c(C#N)cc4n4c6cc(C#N)c7c(c6c(c21)c34)C1CC2CC3CC7CC32C1)C1CC2CC(C1)CC5C2. The summed E-state index contributed by atoms with van der Waals surface area (Å²) >= 11 is 0. The Morgan fingerprint density at radius 2 is 1.17 bits per heavy atom. The van der Waals surface area contributed by atoms with Gasteiger partial charge >= 0.3 is 0 Å². The molecule has 0 radical (unpaired) electrons. The van der Waals surface area contributed by atoms with E-state index < -0.39 is 0 Å². The predicted molar refractivity (Wildman–Crippen MR) is 238 cm³/mol. The van der Waals surface area contributed by atoms with Crippen LogP contribution in [0.4, 0.5) is 0 Å². The molecule has 9 aliphatic carbocycles. The summed E-state index contributed by atoms with van der Waals surface area (Å²) in [6.45, 7) is 14.8. The minimum absolute atomic E-state index is 0.0900. The molecule has 0 aliphatic heterocycles. The van der Waals surface area contributed by atoms with Crippen LogP contribution >= 0.6 is 0 Å². The zero-order valence-corrected chi connectivity index (χ0v) is 36.0. The van der Waals surface area contributed by atoms with Crippen LogP contribution in [0.3, 0.4) is 0 Å². The zero-order valence-electron chi connectivity index (χ0n) is 36.0. The Labute approximate surface area is 349 Å². The number of benzene rings is 4. The summed E-state index contributed by atoms with van der Waals surface area (Å²) in [7, 11) is 0. The summed E-state index contributed by atoms with van der Waals surface area (Å²) in [6, 6.07) is 22.7. The fourth-order valence-electron chi connectivity index (χ4n) is 18.1. The molecule has 5 fully saturated rings. The van der Waals surface area contributed by atoms with E-state index in [0.29, 0.717) is 29.1 Å². The van der Waals surface area contributed by atoms with Gasteiger partial charge in [-0.15, -0.1) is 0 Å². The van der Waals surface area contributed by atoms with Crippen molar-refractivity contribution in [1.29, 1.82) is 10.5 Å². The van der Waals surface area contributed by atoms with Crippen LogP contribution in [0.15, 0.2) is 42.5 Å². The van der Waals surface area contributed by atoms with Crippen LogP contribution in [0.5, 0.6) is 0 Å². The fraction of sp³-hybridized carbons (Fsp3) is 0.536. The van der Waals surface area contributed by atoms with E-state index in [9.17, 15) is 10.5 Å². The molecule has 296 valence electrons. The van der Waals surface area contributed by atoms with Crippen LogP contribution in [0.25, 0.3) is 49.2 Å². The Morgan fingerprint density at radius 1 is 0.610 bits per heavy atom. The van der Waals surface area contributed by atoms with Crippen LogP contribution in [-0.4, -0.2) is 4.40 Å². The molecule has 4 aromatic carbocycles. The summed E-state index contributed by atoms with van der Waals surface area (Å²) in [5.41, 5.74) is 18.2. The van der Waals surface area contributed by atoms with Crippen molar-refractivity contribution < 1.29 is 0 Å². The first kappa shape index (κ1) is 34.4. The van der Waals surface area contributed by atoms with Crippen molar-refractivity contribution in [3.05, 3.63) is 87.0 Å². The van der Waals surface area contributed by atoms with Crippen LogP contribution in [-0.2, 0) is 5.41 Å². The summed E-state index contributed by atoms with van der Waals surface area (Å²) in [4.78, 5) is 0. The van der Waals surface area contributed by atoms with Crippen LogP contribution in [0.2, 0.25) is 0 Å². The number of nitrogens with zero attached hydrogens (tertiary/aromatic N) is 3. The largest absolute Gasteiger partial charge is 0.308 e. The van der Waals surface area contributed by atoms with Crippen molar-refractivity contribution in [3.63, 3.8) is 0 Å². The first-order chi connectivity index (χ1) is 28.3. The normalized spacial score (nSPS) is 32.5. The third kappa shape index (κ3) is 4.02. The number of aromatic nitrogens is 1. The first-order valence-electron chi connectivity index (χ1n) is 23.6. The van der Waals surface area contributed by atoms with Gasteiger partial charge in [0.15, 0.2) is 0 Å². The molecule has 5 saturated carbocycles. The summed E-state index contributed by atoms with van der Waals surface area (Å²) < 4.78 is 2.66. The van der Waals surface area contributed by atoms with Crippen molar-refractivity contribution in [2.45, 2.75) is 148 Å². The number of rotatable bonds is 2. The Balaban J connectivity index is 1.23. The maximum atomic E-state index is 11.3. The van der Waals surface area contributed by atoms with Crippen LogP contribution < -0.4 is 0 Å². The molecule has 2 aromatic heterocycles. The average Bonchev–Trinajstić information content (AvgIpc) is 3.87. The Hall–Kier alpha value is -4.34. The summed E-state index contributed by atoms with van der Waals surface area (Å²) in [5.74, 6) is 5.27. The van der Waals surface area contributed by atoms with E-state index in [1.54, 1.807) is 16.7 Å². The van der Waals surface area contributed by atoms with Gasteiger partial charge in [-0.3, -0.25) is 0 Å². The highest BCUT2D eigenvalue weighted by atomic mass is 14.9. The van der Waals surface area contributed by atoms with Gasteiger partial charge in [0.05, 0.1) is 39.8 Å². The topological polar surface area (TPSA) is 52.0 Å². The molecule has 59 heavy (non-hydrogen) atoms. The smallest absolute Gasteiger partial charge is 0.0995 e. The minimum Gasteiger partial charge on any atom is -0.308 e. The lowest BCUT2D eigenvalue weighted by Crippen LogP contribution is -2.41. The number of hydrogen-bond donors (Lipinski definition) is 0. The monoisotopic (exact) mass is 771 g/mol. The van der Waals surface area contributed by atoms with Crippen molar-refractivity contribution >= 4 is 38.1 Å². The van der Waals surface area contributed by atoms with E-state index in [-0.39, 0.29) is 16.2 Å². The lowest BCUT2D eigenvalue weighted by atomic mass is 9.56. The maximum absolute atomic E-state index is 11.3. The van der Waals surface area contributed by atoms with Crippen molar-refractivity contribution in [1.82, 2.24) is 4.40 Å². The lowest BCUT2D eigenvalue weighted by Gasteiger charge is -2.48. The standard InChI is InChI=1S/C56H57N3/c1-53(2,3)26-56(27-54(4,5)6)41-10-8-7-9-38(41)39-21-40-48-42(18-34(24-57)44-30-12-28-11-29(13-30)15-31(14-28)46(44)48)59-43-19-35(25-58)45-32-16-36-20-37-17-33(23-55(36,37)22-32)47(45)49(43)50(51(39)56)52(40)59/h7-10,18-19,21,28-33,36-37H,11-17,20,22-23,26-27H2,1-6H3. The van der Waals surface area contributed by atoms with Gasteiger partial charge in [-0.05, 0) is 203 Å². The molecule has 7 atom stereocenters. The molecule has 3 heteroatoms. The summed E-state index contributed by atoms with van der Waals surface area (Å²) in [6.07, 6.45) is 15.2. The van der Waals surface area contributed by atoms with E-state index in [4.69, 9.17) is 0 Å². The quantitative estimate of drug-likeness (QED) is 0.176. The molecule has 7 unspecified atom stereocenters. The highest BCUT2D eigenvalue weighted by Gasteiger charge is 2.66. The Kier molecular flexibility index (Phi) is 6.16. The first-order valence-corrected chi connectivity index (χ1v) is 23.6. The average molecular weight is 772 g/mol. The molecule has 0 saturated heterocycles. The molecule has 7 bridgehead atoms. The third-order valence-corrected chi connectivity index (χ3v) is 18.8. The Morgan fingerprint density at radius 3 is 1.80 bits per heavy atom. The third-order valence-electron chi connectivity index (χ3n) is 18.8. The molecule has 0 N–H and O–H groups in total. The number of nitriles is 2. The number of hydrogen-bond acceptors (Lipinski definition) is 2. The van der Waals surface area contributed by atoms with Crippen LogP contribution in [0, 0.1) is 62.6 Å². The van der Waals surface area contributed by atoms with Crippen molar-refractivity contribution in [2.24, 2.45) is 39.9 Å². The highest BCUT2D eigenvalue weighted by molar-refractivity contribution is 6.28. The van der Waals surface area contributed by atoms with Crippen molar-refractivity contribution in [3.8, 4) is 23.3 Å². The second kappa shape index (κ2) is 10.6. The van der Waals surface area contributed by atoms with Gasteiger partial charge < -0.3 is 4.40 Å². The van der Waals surface area contributed by atoms with E-state index >= 15 is 0 Å². The molecule has 2 heterocycles. The molecular weight excluding hydrogens is 715 g/mol. The second-order valence-electron chi connectivity index (χ2n) is 24.5. The van der Waals surface area contributed by atoms with Gasteiger partial charge in [-0.2, -0.15) is 10.5 Å². The van der Waals surface area contributed by atoms with E-state index in [2.05, 4.69) is 101 Å². The van der Waals surface area contributed by atoms with Gasteiger partial charge in [0.25, 0.3) is 0 Å². The van der Waals surface area contributed by atoms with E-state index in [1.165, 1.54) is 130 Å². The molecular formula is C56H57N3. The molecule has 3 nitrogen and oxygen atoms in total. The maximum Gasteiger partial charge on any atom is 0.0995 e. The predicted octanol–water partition coefficient (Wildman–Crippen LogP) is 14.5.